The molecule has 2 aromatic rings. The van der Waals surface area contributed by atoms with Gasteiger partial charge in [0.25, 0.3) is 0 Å². The predicted molar refractivity (Wildman–Crippen MR) is 103 cm³/mol. The molecule has 2 fully saturated rings. The first-order chi connectivity index (χ1) is 12.8. The van der Waals surface area contributed by atoms with Crippen molar-refractivity contribution in [1.29, 1.82) is 0 Å². The normalized spacial score (nSPS) is 18.2. The van der Waals surface area contributed by atoms with E-state index < -0.39 is 0 Å². The van der Waals surface area contributed by atoms with Gasteiger partial charge in [-0.25, -0.2) is 9.78 Å². The Labute approximate surface area is 157 Å². The van der Waals surface area contributed by atoms with Crippen molar-refractivity contribution in [1.82, 2.24) is 14.8 Å². The Bertz CT molecular complexity index is 734. The molecule has 2 aliphatic rings. The van der Waals surface area contributed by atoms with Crippen LogP contribution in [-0.4, -0.2) is 60.2 Å². The summed E-state index contributed by atoms with van der Waals surface area (Å²) in [7, 11) is 0. The monoisotopic (exact) mass is 372 g/mol. The third-order valence-electron chi connectivity index (χ3n) is 4.87. The molecule has 0 aliphatic carbocycles. The van der Waals surface area contributed by atoms with Gasteiger partial charge in [-0.05, 0) is 31.5 Å². The maximum Gasteiger partial charge on any atom is 0.323 e. The van der Waals surface area contributed by atoms with Crippen LogP contribution in [0.4, 0.5) is 9.93 Å². The number of amides is 2. The highest BCUT2D eigenvalue weighted by Crippen LogP contribution is 2.26. The molecule has 0 unspecified atom stereocenters. The van der Waals surface area contributed by atoms with E-state index in [1.807, 2.05) is 5.38 Å². The fraction of sp³-hybridized carbons (Fsp3) is 0.474. The van der Waals surface area contributed by atoms with Crippen LogP contribution in [0.1, 0.15) is 18.4 Å². The molecule has 2 amide bonds. The fourth-order valence-electron chi connectivity index (χ4n) is 3.38. The Morgan fingerprint density at radius 3 is 2.58 bits per heavy atom. The van der Waals surface area contributed by atoms with E-state index >= 15 is 0 Å². The molecule has 3 heterocycles. The van der Waals surface area contributed by atoms with Gasteiger partial charge in [0, 0.05) is 30.6 Å². The average Bonchev–Trinajstić information content (AvgIpc) is 3.35. The number of aromatic nitrogens is 1. The number of carbonyl (C=O) groups is 1. The largest absolute Gasteiger partial charge is 0.378 e. The van der Waals surface area contributed by atoms with E-state index in [0.29, 0.717) is 31.4 Å². The van der Waals surface area contributed by atoms with Crippen molar-refractivity contribution < 1.29 is 9.53 Å². The smallest absolute Gasteiger partial charge is 0.323 e. The number of carbonyl (C=O) groups excluding carboxylic acids is 1. The van der Waals surface area contributed by atoms with E-state index in [2.05, 4.69) is 39.5 Å². The fourth-order valence-corrected chi connectivity index (χ4v) is 4.09. The molecule has 2 aliphatic heterocycles. The minimum Gasteiger partial charge on any atom is -0.378 e. The van der Waals surface area contributed by atoms with Crippen molar-refractivity contribution in [2.75, 3.05) is 44.7 Å². The Hall–Kier alpha value is -1.96. The summed E-state index contributed by atoms with van der Waals surface area (Å²) >= 11 is 1.46. The Balaban J connectivity index is 1.36. The summed E-state index contributed by atoms with van der Waals surface area (Å²) < 4.78 is 5.28. The molecule has 1 aromatic carbocycles. The van der Waals surface area contributed by atoms with Crippen LogP contribution in [0.2, 0.25) is 0 Å². The minimum atomic E-state index is -0.102. The lowest BCUT2D eigenvalue weighted by atomic mass is 10.1. The maximum atomic E-state index is 12.2. The van der Waals surface area contributed by atoms with Gasteiger partial charge in [0.1, 0.15) is 0 Å². The number of urea groups is 1. The van der Waals surface area contributed by atoms with Crippen LogP contribution >= 0.6 is 11.3 Å². The van der Waals surface area contributed by atoms with Crippen LogP contribution in [-0.2, 0) is 11.3 Å². The highest BCUT2D eigenvalue weighted by molar-refractivity contribution is 7.14. The number of thiazole rings is 1. The number of benzene rings is 1. The molecule has 1 aromatic heterocycles. The van der Waals surface area contributed by atoms with Crippen LogP contribution in [0.3, 0.4) is 0 Å². The SMILES string of the molecule is O=C(Nc1nc(-c2ccc(CN3CCCC3)cc2)cs1)N1CCOCC1. The number of likely N-dealkylation sites (tertiary alicyclic amines) is 1. The average molecular weight is 372 g/mol. The van der Waals surface area contributed by atoms with Gasteiger partial charge in [0.15, 0.2) is 5.13 Å². The molecule has 0 bridgehead atoms. The number of morpholine rings is 1. The van der Waals surface area contributed by atoms with Crippen LogP contribution in [0, 0.1) is 0 Å². The minimum absolute atomic E-state index is 0.102. The van der Waals surface area contributed by atoms with E-state index in [1.54, 1.807) is 4.90 Å². The lowest BCUT2D eigenvalue weighted by Crippen LogP contribution is -2.43. The molecule has 26 heavy (non-hydrogen) atoms. The number of nitrogens with one attached hydrogen (secondary N) is 1. The predicted octanol–water partition coefficient (Wildman–Crippen LogP) is 3.27. The lowest BCUT2D eigenvalue weighted by molar-refractivity contribution is 0.0564. The van der Waals surface area contributed by atoms with Crippen LogP contribution in [0.15, 0.2) is 29.6 Å². The zero-order valence-electron chi connectivity index (χ0n) is 14.8. The Morgan fingerprint density at radius 1 is 1.12 bits per heavy atom. The first-order valence-electron chi connectivity index (χ1n) is 9.19. The summed E-state index contributed by atoms with van der Waals surface area (Å²) in [6.45, 7) is 5.89. The molecule has 2 saturated heterocycles. The zero-order chi connectivity index (χ0) is 17.8. The lowest BCUT2D eigenvalue weighted by Gasteiger charge is -2.26. The van der Waals surface area contributed by atoms with E-state index in [-0.39, 0.29) is 6.03 Å². The number of ether oxygens (including phenoxy) is 1. The Kier molecular flexibility index (Phi) is 5.48. The molecule has 138 valence electrons. The second-order valence-electron chi connectivity index (χ2n) is 6.75. The van der Waals surface area contributed by atoms with E-state index in [4.69, 9.17) is 4.74 Å². The molecule has 7 heteroatoms. The third-order valence-corrected chi connectivity index (χ3v) is 5.63. The number of hydrogen-bond donors (Lipinski definition) is 1. The summed E-state index contributed by atoms with van der Waals surface area (Å²) in [5.74, 6) is 0. The highest BCUT2D eigenvalue weighted by Gasteiger charge is 2.18. The summed E-state index contributed by atoms with van der Waals surface area (Å²) in [5.41, 5.74) is 3.32. The molecule has 1 N–H and O–H groups in total. The zero-order valence-corrected chi connectivity index (χ0v) is 15.6. The maximum absolute atomic E-state index is 12.2. The van der Waals surface area contributed by atoms with E-state index in [1.165, 1.54) is 42.8 Å². The van der Waals surface area contributed by atoms with Crippen LogP contribution in [0.5, 0.6) is 0 Å². The first kappa shape index (κ1) is 17.5. The molecular formula is C19H24N4O2S. The van der Waals surface area contributed by atoms with Gasteiger partial charge >= 0.3 is 6.03 Å². The topological polar surface area (TPSA) is 57.7 Å². The van der Waals surface area contributed by atoms with Gasteiger partial charge in [-0.15, -0.1) is 11.3 Å². The van der Waals surface area contributed by atoms with Crippen molar-refractivity contribution in [2.45, 2.75) is 19.4 Å². The molecule has 4 rings (SSSR count). The molecule has 6 nitrogen and oxygen atoms in total. The number of hydrogen-bond acceptors (Lipinski definition) is 5. The van der Waals surface area contributed by atoms with Crippen molar-refractivity contribution in [3.8, 4) is 11.3 Å². The summed E-state index contributed by atoms with van der Waals surface area (Å²) in [6.07, 6.45) is 2.63. The third kappa shape index (κ3) is 4.23. The number of nitrogens with zero attached hydrogens (tertiary/aromatic N) is 3. The number of rotatable bonds is 4. The van der Waals surface area contributed by atoms with Gasteiger partial charge < -0.3 is 9.64 Å². The number of anilines is 1. The van der Waals surface area contributed by atoms with E-state index in [9.17, 15) is 4.79 Å². The van der Waals surface area contributed by atoms with Crippen LogP contribution < -0.4 is 5.32 Å². The van der Waals surface area contributed by atoms with Crippen molar-refractivity contribution in [2.24, 2.45) is 0 Å². The quantitative estimate of drug-likeness (QED) is 0.895. The second-order valence-corrected chi connectivity index (χ2v) is 7.61. The molecule has 0 atom stereocenters. The summed E-state index contributed by atoms with van der Waals surface area (Å²) in [4.78, 5) is 21.1. The molecule has 0 radical (unpaired) electrons. The van der Waals surface area contributed by atoms with Gasteiger partial charge in [-0.2, -0.15) is 0 Å². The summed E-state index contributed by atoms with van der Waals surface area (Å²) in [6, 6.07) is 8.50. The van der Waals surface area contributed by atoms with Crippen LogP contribution in [0.25, 0.3) is 11.3 Å². The van der Waals surface area contributed by atoms with Crippen molar-refractivity contribution in [3.05, 3.63) is 35.2 Å². The second kappa shape index (κ2) is 8.16. The molecule has 0 spiro atoms. The standard InChI is InChI=1S/C19H24N4O2S/c24-19(23-9-11-25-12-10-23)21-18-20-17(14-26-18)16-5-3-15(4-6-16)13-22-7-1-2-8-22/h3-6,14H,1-2,7-13H2,(H,20,21,24). The summed E-state index contributed by atoms with van der Waals surface area (Å²) in [5, 5.41) is 5.52. The first-order valence-corrected chi connectivity index (χ1v) is 10.1. The molecular weight excluding hydrogens is 348 g/mol. The Morgan fingerprint density at radius 2 is 1.85 bits per heavy atom. The van der Waals surface area contributed by atoms with E-state index in [0.717, 1.165) is 17.8 Å². The van der Waals surface area contributed by atoms with Gasteiger partial charge in [0.05, 0.1) is 18.9 Å². The van der Waals surface area contributed by atoms with Gasteiger partial charge in [0.2, 0.25) is 0 Å². The van der Waals surface area contributed by atoms with Gasteiger partial charge in [-0.3, -0.25) is 10.2 Å². The van der Waals surface area contributed by atoms with Crippen molar-refractivity contribution in [3.63, 3.8) is 0 Å². The highest BCUT2D eigenvalue weighted by atomic mass is 32.1. The van der Waals surface area contributed by atoms with Gasteiger partial charge in [-0.1, -0.05) is 24.3 Å². The van der Waals surface area contributed by atoms with Crippen molar-refractivity contribution >= 4 is 22.5 Å². The molecule has 0 saturated carbocycles.